The standard InChI is InChI=1S/2C6H14BrP/c2*1-4-5-8(7)6(2)3/h2*6H,4-5H2,1-3H3. The Morgan fingerprint density at radius 2 is 1.00 bits per heavy atom. The second-order valence-electron chi connectivity index (χ2n) is 4.43. The number of hydrogen-bond donors (Lipinski definition) is 0. The van der Waals surface area contributed by atoms with E-state index in [4.69, 9.17) is 0 Å². The summed E-state index contributed by atoms with van der Waals surface area (Å²) in [6, 6.07) is 0. The van der Waals surface area contributed by atoms with E-state index in [0.717, 1.165) is 11.3 Å². The molecule has 4 heteroatoms. The van der Waals surface area contributed by atoms with Gasteiger partial charge >= 0.3 is 0 Å². The maximum absolute atomic E-state index is 3.67. The molecule has 0 N–H and O–H groups in total. The van der Waals surface area contributed by atoms with E-state index in [2.05, 4.69) is 72.5 Å². The first kappa shape index (κ1) is 20.1. The van der Waals surface area contributed by atoms with E-state index >= 15 is 0 Å². The predicted molar refractivity (Wildman–Crippen MR) is 92.3 cm³/mol. The molecule has 0 aliphatic carbocycles. The average Bonchev–Trinajstić information content (AvgIpc) is 2.19. The van der Waals surface area contributed by atoms with E-state index in [1.807, 2.05) is 0 Å². The summed E-state index contributed by atoms with van der Waals surface area (Å²) in [4.78, 5) is 0. The van der Waals surface area contributed by atoms with Gasteiger partial charge in [-0.1, -0.05) is 85.4 Å². The van der Waals surface area contributed by atoms with Gasteiger partial charge in [0.1, 0.15) is 0 Å². The van der Waals surface area contributed by atoms with Crippen LogP contribution >= 0.6 is 44.2 Å². The van der Waals surface area contributed by atoms with Crippen LogP contribution < -0.4 is 0 Å². The summed E-state index contributed by atoms with van der Waals surface area (Å²) in [5.41, 5.74) is 1.70. The summed E-state index contributed by atoms with van der Waals surface area (Å²) in [6.07, 6.45) is 5.37. The predicted octanol–water partition coefficient (Wildman–Crippen LogP) is 7.19. The van der Waals surface area contributed by atoms with Crippen molar-refractivity contribution in [1.29, 1.82) is 0 Å². The number of hydrogen-bond acceptors (Lipinski definition) is 0. The summed E-state index contributed by atoms with van der Waals surface area (Å²) in [5, 5.41) is 0. The zero-order chi connectivity index (χ0) is 13.1. The minimum absolute atomic E-state index is 0.173. The first-order chi connectivity index (χ1) is 7.36. The molecule has 0 bridgehead atoms. The van der Waals surface area contributed by atoms with Gasteiger partial charge in [-0.05, 0) is 36.9 Å². The smallest absolute Gasteiger partial charge is 0.0168 e. The van der Waals surface area contributed by atoms with Crippen molar-refractivity contribution in [1.82, 2.24) is 0 Å². The molecular formula is C12H28Br2P2. The third-order valence-electron chi connectivity index (χ3n) is 2.00. The van der Waals surface area contributed by atoms with Crippen LogP contribution in [-0.4, -0.2) is 23.6 Å². The lowest BCUT2D eigenvalue weighted by Crippen LogP contribution is -1.89. The molecule has 0 aromatic heterocycles. The van der Waals surface area contributed by atoms with Crippen molar-refractivity contribution in [3.05, 3.63) is 0 Å². The fourth-order valence-electron chi connectivity index (χ4n) is 0.944. The summed E-state index contributed by atoms with van der Waals surface area (Å²) < 4.78 is 0. The molecule has 0 aromatic carbocycles. The lowest BCUT2D eigenvalue weighted by molar-refractivity contribution is 1.05. The molecule has 0 saturated heterocycles. The highest BCUT2D eigenvalue weighted by Gasteiger charge is 2.05. The van der Waals surface area contributed by atoms with Gasteiger partial charge in [0.25, 0.3) is 0 Å². The zero-order valence-corrected chi connectivity index (χ0v) is 16.6. The van der Waals surface area contributed by atoms with Gasteiger partial charge in [0.2, 0.25) is 0 Å². The minimum Gasteiger partial charge on any atom is -0.0650 e. The van der Waals surface area contributed by atoms with Crippen LogP contribution in [0.15, 0.2) is 0 Å². The molecule has 2 unspecified atom stereocenters. The van der Waals surface area contributed by atoms with Crippen LogP contribution in [0.25, 0.3) is 0 Å². The average molecular weight is 394 g/mol. The quantitative estimate of drug-likeness (QED) is 0.418. The molecule has 0 nitrogen and oxygen atoms in total. The molecule has 0 rings (SSSR count). The van der Waals surface area contributed by atoms with Gasteiger partial charge in [0, 0.05) is 0 Å². The Morgan fingerprint density at radius 3 is 1.06 bits per heavy atom. The molecular weight excluding hydrogens is 366 g/mol. The minimum atomic E-state index is 0.173. The molecule has 0 aliphatic heterocycles. The van der Waals surface area contributed by atoms with Crippen LogP contribution in [-0.2, 0) is 0 Å². The topological polar surface area (TPSA) is 0 Å². The largest absolute Gasteiger partial charge is 0.0650 e. The maximum atomic E-state index is 3.67. The Hall–Kier alpha value is 1.82. The van der Waals surface area contributed by atoms with E-state index in [-0.39, 0.29) is 13.2 Å². The fraction of sp³-hybridized carbons (Fsp3) is 1.00. The molecule has 2 atom stereocenters. The second kappa shape index (κ2) is 13.3. The lowest BCUT2D eigenvalue weighted by atomic mass is 10.6. The first-order valence-electron chi connectivity index (χ1n) is 6.21. The summed E-state index contributed by atoms with van der Waals surface area (Å²) >= 11 is 7.33. The molecule has 0 aliphatic rings. The molecule has 0 spiro atoms. The van der Waals surface area contributed by atoms with Gasteiger partial charge in [-0.3, -0.25) is 0 Å². The molecule has 0 aromatic rings. The third kappa shape index (κ3) is 13.9. The molecule has 0 heterocycles. The fourth-order valence-corrected chi connectivity index (χ4v) is 4.96. The van der Waals surface area contributed by atoms with Gasteiger partial charge < -0.3 is 0 Å². The Kier molecular flexibility index (Phi) is 16.7. The monoisotopic (exact) mass is 392 g/mol. The van der Waals surface area contributed by atoms with Gasteiger partial charge in [0.05, 0.1) is 0 Å². The van der Waals surface area contributed by atoms with Crippen LogP contribution in [0, 0.1) is 0 Å². The Morgan fingerprint density at radius 1 is 0.750 bits per heavy atom. The van der Waals surface area contributed by atoms with Crippen molar-refractivity contribution < 1.29 is 0 Å². The highest BCUT2D eigenvalue weighted by atomic mass is 79.9. The van der Waals surface area contributed by atoms with Crippen LogP contribution in [0.1, 0.15) is 54.4 Å². The SMILES string of the molecule is CCCP(Br)C(C)C.CCCP(Br)C(C)C. The van der Waals surface area contributed by atoms with Gasteiger partial charge in [-0.15, -0.1) is 0 Å². The molecule has 0 saturated carbocycles. The summed E-state index contributed by atoms with van der Waals surface area (Å²) in [5.74, 6) is 0. The molecule has 100 valence electrons. The van der Waals surface area contributed by atoms with Gasteiger partial charge in [0.15, 0.2) is 0 Å². The van der Waals surface area contributed by atoms with E-state index < -0.39 is 0 Å². The van der Waals surface area contributed by atoms with E-state index in [1.54, 1.807) is 0 Å². The van der Waals surface area contributed by atoms with E-state index in [9.17, 15) is 0 Å². The van der Waals surface area contributed by atoms with Gasteiger partial charge in [-0.25, -0.2) is 0 Å². The normalized spacial score (nSPS) is 14.6. The van der Waals surface area contributed by atoms with Crippen LogP contribution in [0.3, 0.4) is 0 Å². The third-order valence-corrected chi connectivity index (χ3v) is 13.0. The Bertz CT molecular complexity index is 125. The van der Waals surface area contributed by atoms with Gasteiger partial charge in [-0.2, -0.15) is 0 Å². The van der Waals surface area contributed by atoms with Crippen molar-refractivity contribution in [3.8, 4) is 0 Å². The molecule has 0 fully saturated rings. The van der Waals surface area contributed by atoms with Crippen molar-refractivity contribution in [2.24, 2.45) is 0 Å². The summed E-state index contributed by atoms with van der Waals surface area (Å²) in [7, 11) is 0. The molecule has 16 heavy (non-hydrogen) atoms. The van der Waals surface area contributed by atoms with E-state index in [0.29, 0.717) is 0 Å². The zero-order valence-electron chi connectivity index (χ0n) is 11.6. The molecule has 0 amide bonds. The van der Waals surface area contributed by atoms with E-state index in [1.165, 1.54) is 25.2 Å². The van der Waals surface area contributed by atoms with Crippen LogP contribution in [0.2, 0.25) is 0 Å². The molecule has 0 radical (unpaired) electrons. The highest BCUT2D eigenvalue weighted by molar-refractivity contribution is 9.39. The number of halogens is 2. The van der Waals surface area contributed by atoms with Crippen molar-refractivity contribution in [2.45, 2.75) is 65.7 Å². The van der Waals surface area contributed by atoms with Crippen molar-refractivity contribution >= 4 is 44.2 Å². The Balaban J connectivity index is 0. The number of rotatable bonds is 6. The lowest BCUT2D eigenvalue weighted by Gasteiger charge is -2.11. The maximum Gasteiger partial charge on any atom is -0.0168 e. The first-order valence-corrected chi connectivity index (χ1v) is 13.4. The van der Waals surface area contributed by atoms with Crippen molar-refractivity contribution in [3.63, 3.8) is 0 Å². The Labute approximate surface area is 122 Å². The van der Waals surface area contributed by atoms with Crippen LogP contribution in [0.5, 0.6) is 0 Å². The van der Waals surface area contributed by atoms with Crippen LogP contribution in [0.4, 0.5) is 0 Å². The highest BCUT2D eigenvalue weighted by Crippen LogP contribution is 2.49. The summed E-state index contributed by atoms with van der Waals surface area (Å²) in [6.45, 7) is 13.9. The van der Waals surface area contributed by atoms with Crippen molar-refractivity contribution in [2.75, 3.05) is 12.3 Å². The second-order valence-corrected chi connectivity index (χ2v) is 14.5.